The highest BCUT2D eigenvalue weighted by molar-refractivity contribution is 5.69. The molecule has 0 aromatic heterocycles. The molecule has 1 fully saturated rings. The molecule has 1 aliphatic rings. The predicted octanol–water partition coefficient (Wildman–Crippen LogP) is 14.5. The summed E-state index contributed by atoms with van der Waals surface area (Å²) in [5.74, 6) is -0.303. The minimum atomic E-state index is -1.53. The Labute approximate surface area is 402 Å². The lowest BCUT2D eigenvalue weighted by Gasteiger charge is -2.39. The highest BCUT2D eigenvalue weighted by Crippen LogP contribution is 2.23. The molecular formula is C56H110O9. The van der Waals surface area contributed by atoms with Gasteiger partial charge in [-0.1, -0.05) is 271 Å². The molecule has 0 bridgehead atoms. The van der Waals surface area contributed by atoms with Crippen LogP contribution in [0.4, 0.5) is 0 Å². The van der Waals surface area contributed by atoms with Crippen LogP contribution >= 0.6 is 0 Å². The van der Waals surface area contributed by atoms with Crippen LogP contribution in [0.2, 0.25) is 0 Å². The minimum Gasteiger partial charge on any atom is -0.457 e. The summed E-state index contributed by atoms with van der Waals surface area (Å²) in [4.78, 5) is 12.9. The van der Waals surface area contributed by atoms with E-state index >= 15 is 0 Å². The fraction of sp³-hybridized carbons (Fsp3) is 0.982. The molecule has 9 heteroatoms. The lowest BCUT2D eigenvalue weighted by atomic mass is 9.99. The third-order valence-electron chi connectivity index (χ3n) is 13.8. The van der Waals surface area contributed by atoms with Gasteiger partial charge in [0.1, 0.15) is 30.5 Å². The molecule has 9 nitrogen and oxygen atoms in total. The topological polar surface area (TPSA) is 135 Å². The van der Waals surface area contributed by atoms with Crippen LogP contribution in [0, 0.1) is 0 Å². The van der Waals surface area contributed by atoms with Gasteiger partial charge in [0.05, 0.1) is 19.8 Å². The van der Waals surface area contributed by atoms with E-state index in [1.165, 1.54) is 238 Å². The number of aliphatic hydroxyl groups excluding tert-OH is 4. The molecule has 1 heterocycles. The van der Waals surface area contributed by atoms with Crippen molar-refractivity contribution in [2.45, 2.75) is 327 Å². The first-order valence-electron chi connectivity index (χ1n) is 28.6. The van der Waals surface area contributed by atoms with E-state index in [1.807, 2.05) is 0 Å². The molecule has 0 aromatic rings. The van der Waals surface area contributed by atoms with Crippen LogP contribution in [-0.2, 0) is 23.7 Å². The number of aliphatic hydroxyl groups is 4. The van der Waals surface area contributed by atoms with E-state index < -0.39 is 43.4 Å². The third kappa shape index (κ3) is 38.7. The summed E-state index contributed by atoms with van der Waals surface area (Å²) in [6, 6.07) is 0. The van der Waals surface area contributed by atoms with Crippen molar-refractivity contribution in [3.05, 3.63) is 0 Å². The quantitative estimate of drug-likeness (QED) is 0.0347. The number of ether oxygens (including phenoxy) is 4. The summed E-state index contributed by atoms with van der Waals surface area (Å²) >= 11 is 0. The van der Waals surface area contributed by atoms with Gasteiger partial charge >= 0.3 is 5.97 Å². The molecule has 0 saturated carbocycles. The lowest BCUT2D eigenvalue weighted by molar-refractivity contribution is -0.305. The first-order chi connectivity index (χ1) is 31.9. The largest absolute Gasteiger partial charge is 0.457 e. The average Bonchev–Trinajstić information content (AvgIpc) is 3.31. The zero-order valence-corrected chi connectivity index (χ0v) is 43.0. The Hall–Kier alpha value is -0.810. The van der Waals surface area contributed by atoms with E-state index in [9.17, 15) is 25.2 Å². The van der Waals surface area contributed by atoms with Crippen molar-refractivity contribution in [1.82, 2.24) is 0 Å². The van der Waals surface area contributed by atoms with Crippen molar-refractivity contribution in [2.75, 3.05) is 26.4 Å². The van der Waals surface area contributed by atoms with Crippen molar-refractivity contribution >= 4 is 5.97 Å². The van der Waals surface area contributed by atoms with Gasteiger partial charge in [0.25, 0.3) is 0 Å². The highest BCUT2D eigenvalue weighted by Gasteiger charge is 2.44. The zero-order chi connectivity index (χ0) is 47.1. The molecule has 65 heavy (non-hydrogen) atoms. The average molecular weight is 927 g/mol. The summed E-state index contributed by atoms with van der Waals surface area (Å²) in [5.41, 5.74) is 0. The van der Waals surface area contributed by atoms with E-state index in [4.69, 9.17) is 18.9 Å². The SMILES string of the molecule is CCCCCCCCCCCCCCCCCCCCCCCCCCOCC(COC1OC(CO)C(O)C(O)C1O)OC(=O)CCCCCCCCCCCCCCCCCCCC. The Morgan fingerprint density at radius 3 is 1.09 bits per heavy atom. The number of esters is 1. The van der Waals surface area contributed by atoms with Gasteiger partial charge in [0, 0.05) is 13.0 Å². The second kappa shape index (κ2) is 48.2. The van der Waals surface area contributed by atoms with Gasteiger partial charge in [-0.3, -0.25) is 4.79 Å². The monoisotopic (exact) mass is 927 g/mol. The molecule has 0 aliphatic carbocycles. The number of rotatable bonds is 51. The van der Waals surface area contributed by atoms with E-state index in [-0.39, 0.29) is 19.2 Å². The second-order valence-corrected chi connectivity index (χ2v) is 20.1. The molecule has 0 radical (unpaired) electrons. The van der Waals surface area contributed by atoms with E-state index in [0.717, 1.165) is 32.1 Å². The van der Waals surface area contributed by atoms with E-state index in [1.54, 1.807) is 0 Å². The molecule has 388 valence electrons. The van der Waals surface area contributed by atoms with Gasteiger partial charge in [0.15, 0.2) is 6.29 Å². The van der Waals surface area contributed by atoms with Gasteiger partial charge in [-0.25, -0.2) is 0 Å². The van der Waals surface area contributed by atoms with Crippen molar-refractivity contribution in [3.63, 3.8) is 0 Å². The summed E-state index contributed by atoms with van der Waals surface area (Å²) in [6.45, 7) is 4.64. The van der Waals surface area contributed by atoms with Crippen molar-refractivity contribution < 1.29 is 44.2 Å². The Morgan fingerprint density at radius 2 is 0.754 bits per heavy atom. The molecule has 0 aromatic carbocycles. The normalized spacial score (nSPS) is 19.3. The van der Waals surface area contributed by atoms with Crippen molar-refractivity contribution in [2.24, 2.45) is 0 Å². The Bertz CT molecular complexity index is 966. The summed E-state index contributed by atoms with van der Waals surface area (Å²) in [7, 11) is 0. The van der Waals surface area contributed by atoms with Crippen molar-refractivity contribution in [1.29, 1.82) is 0 Å². The molecule has 0 amide bonds. The van der Waals surface area contributed by atoms with Gasteiger partial charge in [0.2, 0.25) is 0 Å². The van der Waals surface area contributed by atoms with Crippen LogP contribution < -0.4 is 0 Å². The molecule has 6 atom stereocenters. The predicted molar refractivity (Wildman–Crippen MR) is 270 cm³/mol. The summed E-state index contributed by atoms with van der Waals surface area (Å²) in [6.07, 6.45) is 48.7. The second-order valence-electron chi connectivity index (χ2n) is 20.1. The molecule has 6 unspecified atom stereocenters. The fourth-order valence-electron chi connectivity index (χ4n) is 9.32. The first kappa shape index (κ1) is 62.2. The van der Waals surface area contributed by atoms with E-state index in [2.05, 4.69) is 13.8 Å². The lowest BCUT2D eigenvalue weighted by Crippen LogP contribution is -2.59. The van der Waals surface area contributed by atoms with Gasteiger partial charge in [-0.2, -0.15) is 0 Å². The van der Waals surface area contributed by atoms with Gasteiger partial charge in [-0.15, -0.1) is 0 Å². The van der Waals surface area contributed by atoms with Gasteiger partial charge < -0.3 is 39.4 Å². The fourth-order valence-corrected chi connectivity index (χ4v) is 9.32. The maximum atomic E-state index is 12.9. The smallest absolute Gasteiger partial charge is 0.306 e. The molecular weight excluding hydrogens is 817 g/mol. The number of unbranched alkanes of at least 4 members (excludes halogenated alkanes) is 40. The highest BCUT2D eigenvalue weighted by atomic mass is 16.7. The van der Waals surface area contributed by atoms with Crippen LogP contribution in [0.15, 0.2) is 0 Å². The number of hydrogen-bond acceptors (Lipinski definition) is 9. The van der Waals surface area contributed by atoms with E-state index in [0.29, 0.717) is 13.0 Å². The number of carbonyl (C=O) groups is 1. The number of carbonyl (C=O) groups excluding carboxylic acids is 1. The standard InChI is InChI=1S/C56H110O9/c1-3-5-7-9-11-13-15-17-19-21-23-24-25-26-27-28-30-32-34-36-38-40-42-44-46-62-48-50(49-63-56-55(61)54(60)53(59)51(47-57)65-56)64-52(58)45-43-41-39-37-35-33-31-29-22-20-18-16-14-12-10-8-6-4-2/h50-51,53-57,59-61H,3-49H2,1-2H3. The Kier molecular flexibility index (Phi) is 46.1. The maximum absolute atomic E-state index is 12.9. The molecule has 1 rings (SSSR count). The number of hydrogen-bond donors (Lipinski definition) is 4. The van der Waals surface area contributed by atoms with Crippen LogP contribution in [0.3, 0.4) is 0 Å². The zero-order valence-electron chi connectivity index (χ0n) is 43.0. The van der Waals surface area contributed by atoms with Crippen LogP contribution in [0.5, 0.6) is 0 Å². The van der Waals surface area contributed by atoms with Crippen LogP contribution in [-0.4, -0.2) is 89.6 Å². The Balaban J connectivity index is 2.12. The molecule has 0 spiro atoms. The maximum Gasteiger partial charge on any atom is 0.306 e. The summed E-state index contributed by atoms with van der Waals surface area (Å²) < 4.78 is 23.0. The molecule has 1 saturated heterocycles. The van der Waals surface area contributed by atoms with Crippen molar-refractivity contribution in [3.8, 4) is 0 Å². The third-order valence-corrected chi connectivity index (χ3v) is 13.8. The van der Waals surface area contributed by atoms with Crippen LogP contribution in [0.25, 0.3) is 0 Å². The summed E-state index contributed by atoms with van der Waals surface area (Å²) in [5, 5.41) is 40.3. The minimum absolute atomic E-state index is 0.104. The van der Waals surface area contributed by atoms with Gasteiger partial charge in [-0.05, 0) is 12.8 Å². The van der Waals surface area contributed by atoms with Crippen LogP contribution in [0.1, 0.15) is 290 Å². The Morgan fingerprint density at radius 1 is 0.431 bits per heavy atom. The molecule has 1 aliphatic heterocycles. The molecule has 4 N–H and O–H groups in total. The first-order valence-corrected chi connectivity index (χ1v) is 28.6.